The average Bonchev–Trinajstić information content (AvgIpc) is 3.18. The molecule has 0 radical (unpaired) electrons. The van der Waals surface area contributed by atoms with Gasteiger partial charge < -0.3 is 10.4 Å². The van der Waals surface area contributed by atoms with Gasteiger partial charge >= 0.3 is 0 Å². The minimum Gasteiger partial charge on any atom is -0.395 e. The van der Waals surface area contributed by atoms with Crippen LogP contribution in [0.15, 0.2) is 0 Å². The number of nitrogens with zero attached hydrogens (tertiary/aromatic N) is 1. The fraction of sp³-hybridized carbons (Fsp3) is 1.00. The third kappa shape index (κ3) is 3.94. The Morgan fingerprint density at radius 1 is 1.06 bits per heavy atom. The summed E-state index contributed by atoms with van der Waals surface area (Å²) in [5, 5.41) is 12.8. The lowest BCUT2D eigenvalue weighted by Crippen LogP contribution is -2.44. The second-order valence-electron chi connectivity index (χ2n) is 5.65. The van der Waals surface area contributed by atoms with Crippen LogP contribution in [-0.2, 0) is 0 Å². The maximum atomic E-state index is 9.16. The Hall–Kier alpha value is -0.120. The zero-order chi connectivity index (χ0) is 12.1. The lowest BCUT2D eigenvalue weighted by molar-refractivity contribution is 0.108. The van der Waals surface area contributed by atoms with Crippen molar-refractivity contribution >= 4 is 0 Å². The summed E-state index contributed by atoms with van der Waals surface area (Å²) in [4.78, 5) is 2.58. The van der Waals surface area contributed by atoms with E-state index in [2.05, 4.69) is 17.1 Å². The van der Waals surface area contributed by atoms with E-state index in [4.69, 9.17) is 5.11 Å². The van der Waals surface area contributed by atoms with Gasteiger partial charge in [-0.25, -0.2) is 0 Å². The molecule has 0 heterocycles. The molecule has 0 spiro atoms. The van der Waals surface area contributed by atoms with Gasteiger partial charge in [-0.3, -0.25) is 4.90 Å². The van der Waals surface area contributed by atoms with Crippen LogP contribution in [0.3, 0.4) is 0 Å². The third-order valence-electron chi connectivity index (χ3n) is 4.22. The van der Waals surface area contributed by atoms with Crippen molar-refractivity contribution in [2.24, 2.45) is 0 Å². The smallest absolute Gasteiger partial charge is 0.0558 e. The van der Waals surface area contributed by atoms with Crippen LogP contribution in [0.25, 0.3) is 0 Å². The van der Waals surface area contributed by atoms with Crippen LogP contribution in [0.5, 0.6) is 0 Å². The first-order chi connectivity index (χ1) is 8.35. The molecular formula is C14H28N2O. The molecular weight excluding hydrogens is 212 g/mol. The predicted molar refractivity (Wildman–Crippen MR) is 71.2 cm³/mol. The van der Waals surface area contributed by atoms with Gasteiger partial charge in [0.25, 0.3) is 0 Å². The van der Waals surface area contributed by atoms with Crippen molar-refractivity contribution in [2.75, 3.05) is 19.7 Å². The third-order valence-corrected chi connectivity index (χ3v) is 4.22. The van der Waals surface area contributed by atoms with E-state index < -0.39 is 0 Å². The molecule has 2 saturated carbocycles. The summed E-state index contributed by atoms with van der Waals surface area (Å²) in [6, 6.07) is 2.29. The molecule has 2 aliphatic carbocycles. The van der Waals surface area contributed by atoms with Crippen molar-refractivity contribution in [3.8, 4) is 0 Å². The van der Waals surface area contributed by atoms with Gasteiger partial charge in [-0.15, -0.1) is 0 Å². The van der Waals surface area contributed by atoms with E-state index in [1.54, 1.807) is 0 Å². The average molecular weight is 240 g/mol. The summed E-state index contributed by atoms with van der Waals surface area (Å²) < 4.78 is 0. The standard InChI is InChI=1S/C14H28N2O/c1-2-9-15-12-3-5-13(6-4-12)16(10-11-17)14-7-8-14/h12-15,17H,2-11H2,1H3. The molecule has 0 atom stereocenters. The molecule has 2 N–H and O–H groups in total. The van der Waals surface area contributed by atoms with Crippen molar-refractivity contribution in [3.63, 3.8) is 0 Å². The Balaban J connectivity index is 1.72. The number of nitrogens with one attached hydrogen (secondary N) is 1. The maximum absolute atomic E-state index is 9.16. The van der Waals surface area contributed by atoms with Crippen molar-refractivity contribution in [2.45, 2.75) is 70.0 Å². The molecule has 0 aliphatic heterocycles. The quantitative estimate of drug-likeness (QED) is 0.712. The summed E-state index contributed by atoms with van der Waals surface area (Å²) in [6.45, 7) is 4.61. The van der Waals surface area contributed by atoms with E-state index in [9.17, 15) is 0 Å². The first kappa shape index (κ1) is 13.3. The highest BCUT2D eigenvalue weighted by molar-refractivity contribution is 4.91. The van der Waals surface area contributed by atoms with Gasteiger partial charge in [0.2, 0.25) is 0 Å². The normalized spacial score (nSPS) is 29.8. The zero-order valence-electron chi connectivity index (χ0n) is 11.2. The van der Waals surface area contributed by atoms with E-state index in [1.165, 1.54) is 44.9 Å². The molecule has 3 heteroatoms. The highest BCUT2D eigenvalue weighted by Gasteiger charge is 2.35. The molecule has 0 aromatic heterocycles. The van der Waals surface area contributed by atoms with Crippen LogP contribution in [-0.4, -0.2) is 47.8 Å². The molecule has 100 valence electrons. The second kappa shape index (κ2) is 6.72. The molecule has 2 rings (SSSR count). The van der Waals surface area contributed by atoms with Gasteiger partial charge in [0.15, 0.2) is 0 Å². The largest absolute Gasteiger partial charge is 0.395 e. The van der Waals surface area contributed by atoms with E-state index in [-0.39, 0.29) is 0 Å². The number of hydrogen-bond acceptors (Lipinski definition) is 3. The number of aliphatic hydroxyl groups is 1. The fourth-order valence-electron chi connectivity index (χ4n) is 3.14. The van der Waals surface area contributed by atoms with Crippen LogP contribution in [0.4, 0.5) is 0 Å². The van der Waals surface area contributed by atoms with E-state index >= 15 is 0 Å². The highest BCUT2D eigenvalue weighted by atomic mass is 16.3. The predicted octanol–water partition coefficient (Wildman–Crippen LogP) is 1.75. The monoisotopic (exact) mass is 240 g/mol. The number of rotatable bonds is 7. The molecule has 0 aromatic rings. The topological polar surface area (TPSA) is 35.5 Å². The summed E-state index contributed by atoms with van der Waals surface area (Å²) in [6.07, 6.45) is 9.22. The van der Waals surface area contributed by atoms with Crippen LogP contribution in [0.1, 0.15) is 51.9 Å². The summed E-state index contributed by atoms with van der Waals surface area (Å²) in [5.74, 6) is 0. The summed E-state index contributed by atoms with van der Waals surface area (Å²) >= 11 is 0. The fourth-order valence-corrected chi connectivity index (χ4v) is 3.14. The lowest BCUT2D eigenvalue weighted by Gasteiger charge is -2.37. The van der Waals surface area contributed by atoms with Crippen molar-refractivity contribution in [3.05, 3.63) is 0 Å². The lowest BCUT2D eigenvalue weighted by atomic mass is 9.90. The molecule has 0 saturated heterocycles. The van der Waals surface area contributed by atoms with E-state index in [0.717, 1.165) is 31.2 Å². The Kier molecular flexibility index (Phi) is 5.26. The van der Waals surface area contributed by atoms with Gasteiger partial charge in [-0.2, -0.15) is 0 Å². The molecule has 2 aliphatic rings. The molecule has 0 unspecified atom stereocenters. The summed E-state index contributed by atoms with van der Waals surface area (Å²) in [7, 11) is 0. The number of hydrogen-bond donors (Lipinski definition) is 2. The Bertz CT molecular complexity index is 210. The molecule has 0 aromatic carbocycles. The first-order valence-electron chi connectivity index (χ1n) is 7.45. The van der Waals surface area contributed by atoms with Crippen LogP contribution < -0.4 is 5.32 Å². The minimum atomic E-state index is 0.324. The van der Waals surface area contributed by atoms with E-state index in [0.29, 0.717) is 6.61 Å². The van der Waals surface area contributed by atoms with Crippen LogP contribution in [0.2, 0.25) is 0 Å². The van der Waals surface area contributed by atoms with Gasteiger partial charge in [-0.05, 0) is 51.5 Å². The molecule has 0 amide bonds. The SMILES string of the molecule is CCCNC1CCC(N(CCO)C2CC2)CC1. The molecule has 3 nitrogen and oxygen atoms in total. The van der Waals surface area contributed by atoms with E-state index in [1.807, 2.05) is 0 Å². The number of aliphatic hydroxyl groups excluding tert-OH is 1. The Morgan fingerprint density at radius 3 is 2.12 bits per heavy atom. The Morgan fingerprint density at radius 2 is 1.65 bits per heavy atom. The second-order valence-corrected chi connectivity index (χ2v) is 5.65. The van der Waals surface area contributed by atoms with Crippen LogP contribution >= 0.6 is 0 Å². The Labute approximate surface area is 106 Å². The zero-order valence-corrected chi connectivity index (χ0v) is 11.2. The van der Waals surface area contributed by atoms with Crippen molar-refractivity contribution in [1.29, 1.82) is 0 Å². The van der Waals surface area contributed by atoms with Crippen molar-refractivity contribution in [1.82, 2.24) is 10.2 Å². The van der Waals surface area contributed by atoms with Gasteiger partial charge in [0.05, 0.1) is 6.61 Å². The maximum Gasteiger partial charge on any atom is 0.0558 e. The van der Waals surface area contributed by atoms with Gasteiger partial charge in [0, 0.05) is 24.7 Å². The molecule has 0 bridgehead atoms. The summed E-state index contributed by atoms with van der Waals surface area (Å²) in [5.41, 5.74) is 0. The van der Waals surface area contributed by atoms with Crippen molar-refractivity contribution < 1.29 is 5.11 Å². The van der Waals surface area contributed by atoms with Gasteiger partial charge in [0.1, 0.15) is 0 Å². The molecule has 2 fully saturated rings. The highest BCUT2D eigenvalue weighted by Crippen LogP contribution is 2.33. The first-order valence-corrected chi connectivity index (χ1v) is 7.45. The van der Waals surface area contributed by atoms with Crippen LogP contribution in [0, 0.1) is 0 Å². The minimum absolute atomic E-state index is 0.324. The molecule has 17 heavy (non-hydrogen) atoms. The van der Waals surface area contributed by atoms with Gasteiger partial charge in [-0.1, -0.05) is 6.92 Å².